The zero-order valence-electron chi connectivity index (χ0n) is 7.71. The molecule has 15 heavy (non-hydrogen) atoms. The Labute approximate surface area is 91.2 Å². The first-order valence-electron chi connectivity index (χ1n) is 4.16. The number of nitrogens with one attached hydrogen (secondary N) is 1. The molecule has 2 N–H and O–H groups in total. The van der Waals surface area contributed by atoms with Gasteiger partial charge in [-0.05, 0) is 29.3 Å². The van der Waals surface area contributed by atoms with E-state index in [0.717, 1.165) is 11.6 Å². The average Bonchev–Trinajstić information content (AvgIpc) is 2.16. The lowest BCUT2D eigenvalue weighted by Crippen LogP contribution is -2.20. The molecule has 0 fully saturated rings. The van der Waals surface area contributed by atoms with Crippen LogP contribution in [0.1, 0.15) is 5.56 Å². The predicted molar refractivity (Wildman–Crippen MR) is 54.8 cm³/mol. The molecule has 0 radical (unpaired) electrons. The van der Waals surface area contributed by atoms with Crippen molar-refractivity contribution in [2.75, 3.05) is 0 Å². The van der Waals surface area contributed by atoms with Crippen LogP contribution in [0.4, 0.5) is 4.39 Å². The highest BCUT2D eigenvalue weighted by Crippen LogP contribution is 2.02. The molecule has 1 rings (SSSR count). The molecule has 0 aliphatic heterocycles. The van der Waals surface area contributed by atoms with Crippen molar-refractivity contribution in [2.24, 2.45) is 0 Å². The first kappa shape index (κ1) is 11.5. The van der Waals surface area contributed by atoms with E-state index in [1.165, 1.54) is 12.1 Å². The largest absolute Gasteiger partial charge is 0.498 e. The molecule has 3 nitrogen and oxygen atoms in total. The smallest absolute Gasteiger partial charge is 0.248 e. The second-order valence-electron chi connectivity index (χ2n) is 2.81. The highest BCUT2D eigenvalue weighted by atomic mass is 35.5. The SMILES string of the molecule is O=C(/C=C(\O)Cl)NCc1ccc(F)cc1. The zero-order chi connectivity index (χ0) is 11.3. The minimum Gasteiger partial charge on any atom is -0.498 e. The molecule has 0 saturated carbocycles. The molecule has 0 atom stereocenters. The van der Waals surface area contributed by atoms with Crippen molar-refractivity contribution < 1.29 is 14.3 Å². The Morgan fingerprint density at radius 1 is 1.47 bits per heavy atom. The fourth-order valence-corrected chi connectivity index (χ4v) is 1.05. The van der Waals surface area contributed by atoms with Crippen molar-refractivity contribution in [2.45, 2.75) is 6.54 Å². The highest BCUT2D eigenvalue weighted by Gasteiger charge is 1.99. The van der Waals surface area contributed by atoms with Crippen LogP contribution in [0.3, 0.4) is 0 Å². The monoisotopic (exact) mass is 229 g/mol. The van der Waals surface area contributed by atoms with Crippen LogP contribution in [-0.2, 0) is 11.3 Å². The molecular weight excluding hydrogens is 221 g/mol. The van der Waals surface area contributed by atoms with Gasteiger partial charge in [0.25, 0.3) is 0 Å². The number of carbonyl (C=O) groups excluding carboxylic acids is 1. The Kier molecular flexibility index (Phi) is 4.12. The van der Waals surface area contributed by atoms with Gasteiger partial charge in [-0.25, -0.2) is 4.39 Å². The number of rotatable bonds is 3. The van der Waals surface area contributed by atoms with Crippen LogP contribution in [0.15, 0.2) is 35.6 Å². The van der Waals surface area contributed by atoms with Gasteiger partial charge in [0, 0.05) is 6.54 Å². The molecular formula is C10H9ClFNO2. The van der Waals surface area contributed by atoms with Crippen molar-refractivity contribution in [3.05, 3.63) is 46.9 Å². The molecule has 0 spiro atoms. The summed E-state index contributed by atoms with van der Waals surface area (Å²) in [5, 5.41) is 10.5. The van der Waals surface area contributed by atoms with Crippen molar-refractivity contribution in [1.82, 2.24) is 5.32 Å². The van der Waals surface area contributed by atoms with E-state index in [9.17, 15) is 9.18 Å². The molecule has 0 aliphatic carbocycles. The summed E-state index contributed by atoms with van der Waals surface area (Å²) < 4.78 is 12.5. The molecule has 5 heteroatoms. The third kappa shape index (κ3) is 4.46. The van der Waals surface area contributed by atoms with Crippen LogP contribution >= 0.6 is 11.6 Å². The number of aliphatic hydroxyl groups is 1. The summed E-state index contributed by atoms with van der Waals surface area (Å²) in [5.74, 6) is -0.838. The van der Waals surface area contributed by atoms with E-state index in [1.54, 1.807) is 12.1 Å². The molecule has 80 valence electrons. The first-order valence-corrected chi connectivity index (χ1v) is 4.54. The van der Waals surface area contributed by atoms with Crippen LogP contribution < -0.4 is 5.32 Å². The number of benzene rings is 1. The van der Waals surface area contributed by atoms with Gasteiger partial charge in [-0.1, -0.05) is 12.1 Å². The molecule has 0 bridgehead atoms. The van der Waals surface area contributed by atoms with E-state index in [0.29, 0.717) is 0 Å². The van der Waals surface area contributed by atoms with E-state index in [-0.39, 0.29) is 12.4 Å². The van der Waals surface area contributed by atoms with Crippen LogP contribution in [0.25, 0.3) is 0 Å². The topological polar surface area (TPSA) is 49.3 Å². The number of hydrogen-bond donors (Lipinski definition) is 2. The lowest BCUT2D eigenvalue weighted by atomic mass is 10.2. The lowest BCUT2D eigenvalue weighted by Gasteiger charge is -2.01. The number of halogens is 2. The molecule has 0 aliphatic rings. The van der Waals surface area contributed by atoms with Gasteiger partial charge in [0.05, 0.1) is 6.08 Å². The molecule has 0 aromatic heterocycles. The summed E-state index contributed by atoms with van der Waals surface area (Å²) >= 11 is 5.08. The van der Waals surface area contributed by atoms with Crippen LogP contribution in [0.2, 0.25) is 0 Å². The van der Waals surface area contributed by atoms with Gasteiger partial charge >= 0.3 is 0 Å². The average molecular weight is 230 g/mol. The van der Waals surface area contributed by atoms with Gasteiger partial charge in [-0.2, -0.15) is 0 Å². The van der Waals surface area contributed by atoms with Crippen LogP contribution in [0.5, 0.6) is 0 Å². The number of amides is 1. The van der Waals surface area contributed by atoms with Gasteiger partial charge in [0.2, 0.25) is 5.91 Å². The summed E-state index contributed by atoms with van der Waals surface area (Å²) in [5.41, 5.74) is 0.757. The van der Waals surface area contributed by atoms with Gasteiger partial charge in [-0.15, -0.1) is 0 Å². The van der Waals surface area contributed by atoms with Gasteiger partial charge in [0.15, 0.2) is 5.22 Å². The number of carbonyl (C=O) groups is 1. The van der Waals surface area contributed by atoms with Crippen molar-refractivity contribution in [1.29, 1.82) is 0 Å². The Balaban J connectivity index is 2.47. The minimum absolute atomic E-state index is 0.250. The summed E-state index contributed by atoms with van der Waals surface area (Å²) in [7, 11) is 0. The summed E-state index contributed by atoms with van der Waals surface area (Å²) in [6.45, 7) is 0.250. The second kappa shape index (κ2) is 5.36. The Morgan fingerprint density at radius 2 is 2.07 bits per heavy atom. The zero-order valence-corrected chi connectivity index (χ0v) is 8.46. The number of aliphatic hydroxyl groups excluding tert-OH is 1. The number of hydrogen-bond acceptors (Lipinski definition) is 2. The molecule has 1 aromatic rings. The Hall–Kier alpha value is -1.55. The van der Waals surface area contributed by atoms with Gasteiger partial charge < -0.3 is 10.4 Å². The summed E-state index contributed by atoms with van der Waals surface area (Å²) in [4.78, 5) is 11.0. The Bertz CT molecular complexity index is 372. The third-order valence-corrected chi connectivity index (χ3v) is 1.74. The van der Waals surface area contributed by atoms with Gasteiger partial charge in [-0.3, -0.25) is 4.79 Å². The lowest BCUT2D eigenvalue weighted by molar-refractivity contribution is -0.116. The maximum atomic E-state index is 12.5. The van der Waals surface area contributed by atoms with E-state index in [1.807, 2.05) is 0 Å². The van der Waals surface area contributed by atoms with Crippen LogP contribution in [-0.4, -0.2) is 11.0 Å². The van der Waals surface area contributed by atoms with E-state index >= 15 is 0 Å². The minimum atomic E-state index is -0.577. The van der Waals surface area contributed by atoms with Crippen LogP contribution in [0, 0.1) is 5.82 Å². The molecule has 0 heterocycles. The summed E-state index contributed by atoms with van der Waals surface area (Å²) in [6.07, 6.45) is 0.852. The van der Waals surface area contributed by atoms with Crippen molar-refractivity contribution in [3.63, 3.8) is 0 Å². The molecule has 0 saturated heterocycles. The fraction of sp³-hybridized carbons (Fsp3) is 0.100. The summed E-state index contributed by atoms with van der Waals surface area (Å²) in [6, 6.07) is 5.71. The Morgan fingerprint density at radius 3 is 2.60 bits per heavy atom. The standard InChI is InChI=1S/C10H9ClFNO2/c11-9(14)5-10(15)13-6-7-1-3-8(12)4-2-7/h1-5,14H,6H2,(H,13,15)/b9-5-. The van der Waals surface area contributed by atoms with E-state index < -0.39 is 11.1 Å². The quantitative estimate of drug-likeness (QED) is 0.616. The van der Waals surface area contributed by atoms with Crippen molar-refractivity contribution in [3.8, 4) is 0 Å². The molecule has 1 aromatic carbocycles. The van der Waals surface area contributed by atoms with Crippen molar-refractivity contribution >= 4 is 17.5 Å². The van der Waals surface area contributed by atoms with Gasteiger partial charge in [0.1, 0.15) is 5.82 Å². The first-order chi connectivity index (χ1) is 7.08. The highest BCUT2D eigenvalue weighted by molar-refractivity contribution is 6.29. The maximum Gasteiger partial charge on any atom is 0.248 e. The second-order valence-corrected chi connectivity index (χ2v) is 3.20. The normalized spacial score (nSPS) is 11.2. The molecule has 0 unspecified atom stereocenters. The third-order valence-electron chi connectivity index (χ3n) is 1.63. The van der Waals surface area contributed by atoms with E-state index in [2.05, 4.69) is 5.32 Å². The maximum absolute atomic E-state index is 12.5. The fourth-order valence-electron chi connectivity index (χ4n) is 0.951. The predicted octanol–water partition coefficient (Wildman–Crippen LogP) is 2.08. The van der Waals surface area contributed by atoms with E-state index in [4.69, 9.17) is 16.7 Å². The molecule has 1 amide bonds.